The molecule has 0 spiro atoms. The number of fused-ring (bicyclic) bond motifs is 4. The maximum absolute atomic E-state index is 6.61. The fourth-order valence-corrected chi connectivity index (χ4v) is 7.84. The van der Waals surface area contributed by atoms with Crippen LogP contribution in [-0.2, 0) is 12.8 Å². The molecule has 2 heterocycles. The average Bonchev–Trinajstić information content (AvgIpc) is 3.61. The summed E-state index contributed by atoms with van der Waals surface area (Å²) in [7, 11) is 0. The molecule has 0 aliphatic heterocycles. The van der Waals surface area contributed by atoms with Gasteiger partial charge in [-0.3, -0.25) is 0 Å². The van der Waals surface area contributed by atoms with Crippen molar-refractivity contribution in [3.8, 4) is 67.5 Å². The molecule has 9 aromatic rings. The average molecular weight is 682 g/mol. The van der Waals surface area contributed by atoms with Gasteiger partial charge >= 0.3 is 0 Å². The molecule has 0 atom stereocenters. The highest BCUT2D eigenvalue weighted by atomic mass is 16.3. The summed E-state index contributed by atoms with van der Waals surface area (Å²) in [6.07, 6.45) is 4.81. The van der Waals surface area contributed by atoms with Gasteiger partial charge in [-0.1, -0.05) is 121 Å². The summed E-state index contributed by atoms with van der Waals surface area (Å²) in [4.78, 5) is 15.3. The molecule has 1 aliphatic carbocycles. The molecule has 7 aromatic carbocycles. The van der Waals surface area contributed by atoms with Gasteiger partial charge in [-0.25, -0.2) is 15.0 Å². The van der Waals surface area contributed by atoms with Crippen molar-refractivity contribution < 1.29 is 4.42 Å². The predicted octanol–water partition coefficient (Wildman–Crippen LogP) is 12.7. The number of rotatable bonds is 6. The highest BCUT2D eigenvalue weighted by Crippen LogP contribution is 2.38. The molecule has 1 aliphatic rings. The molecule has 0 unspecified atom stereocenters. The van der Waals surface area contributed by atoms with Gasteiger partial charge in [0.2, 0.25) is 0 Å². The topological polar surface area (TPSA) is 51.8 Å². The van der Waals surface area contributed by atoms with Crippen LogP contribution in [0.3, 0.4) is 0 Å². The summed E-state index contributed by atoms with van der Waals surface area (Å²) in [6, 6.07) is 57.4. The van der Waals surface area contributed by atoms with Crippen molar-refractivity contribution in [1.82, 2.24) is 15.0 Å². The second kappa shape index (κ2) is 13.2. The molecular weight excluding hydrogens is 647 g/mol. The molecule has 0 radical (unpaired) electrons. The molecule has 252 valence electrons. The van der Waals surface area contributed by atoms with Crippen LogP contribution < -0.4 is 0 Å². The minimum absolute atomic E-state index is 0.596. The van der Waals surface area contributed by atoms with Crippen molar-refractivity contribution in [1.29, 1.82) is 0 Å². The Labute approximate surface area is 308 Å². The third-order valence-electron chi connectivity index (χ3n) is 10.5. The number of aryl methyl sites for hydroxylation is 1. The van der Waals surface area contributed by atoms with Crippen molar-refractivity contribution in [2.24, 2.45) is 0 Å². The van der Waals surface area contributed by atoms with E-state index >= 15 is 0 Å². The zero-order valence-electron chi connectivity index (χ0n) is 29.2. The lowest BCUT2D eigenvalue weighted by Gasteiger charge is -2.19. The number of nitrogens with zero attached hydrogens (tertiary/aromatic N) is 3. The third-order valence-corrected chi connectivity index (χ3v) is 10.5. The molecule has 0 saturated carbocycles. The van der Waals surface area contributed by atoms with Crippen LogP contribution in [0.2, 0.25) is 0 Å². The molecule has 0 N–H and O–H groups in total. The van der Waals surface area contributed by atoms with Crippen LogP contribution in [0.25, 0.3) is 89.5 Å². The molecule has 53 heavy (non-hydrogen) atoms. The van der Waals surface area contributed by atoms with E-state index in [9.17, 15) is 0 Å². The zero-order chi connectivity index (χ0) is 35.1. The Hall–Kier alpha value is -6.65. The monoisotopic (exact) mass is 681 g/mol. The number of benzene rings is 7. The maximum Gasteiger partial charge on any atom is 0.164 e. The van der Waals surface area contributed by atoms with E-state index in [0.717, 1.165) is 73.7 Å². The van der Waals surface area contributed by atoms with E-state index < -0.39 is 0 Å². The van der Waals surface area contributed by atoms with Gasteiger partial charge in [0.1, 0.15) is 11.2 Å². The molecule has 0 bridgehead atoms. The van der Waals surface area contributed by atoms with Crippen molar-refractivity contribution in [3.05, 3.63) is 175 Å². The minimum Gasteiger partial charge on any atom is -0.456 e. The molecular formula is C49H35N3O. The minimum atomic E-state index is 0.596. The van der Waals surface area contributed by atoms with Gasteiger partial charge in [0.25, 0.3) is 0 Å². The van der Waals surface area contributed by atoms with Crippen molar-refractivity contribution in [3.63, 3.8) is 0 Å². The lowest BCUT2D eigenvalue weighted by atomic mass is 9.86. The maximum atomic E-state index is 6.61. The summed E-state index contributed by atoms with van der Waals surface area (Å²) in [5.74, 6) is 1.83. The molecule has 2 aromatic heterocycles. The van der Waals surface area contributed by atoms with E-state index in [4.69, 9.17) is 19.4 Å². The highest BCUT2D eigenvalue weighted by molar-refractivity contribution is 6.07. The second-order valence-corrected chi connectivity index (χ2v) is 13.9. The first kappa shape index (κ1) is 31.1. The fraction of sp³-hybridized carbons (Fsp3) is 0.0816. The van der Waals surface area contributed by atoms with E-state index in [1.165, 1.54) is 35.1 Å². The quantitative estimate of drug-likeness (QED) is 0.175. The zero-order valence-corrected chi connectivity index (χ0v) is 29.2. The van der Waals surface area contributed by atoms with Crippen molar-refractivity contribution in [2.75, 3.05) is 0 Å². The van der Waals surface area contributed by atoms with Crippen molar-refractivity contribution in [2.45, 2.75) is 25.7 Å². The normalized spacial score (nSPS) is 12.6. The smallest absolute Gasteiger partial charge is 0.164 e. The molecule has 10 rings (SSSR count). The van der Waals surface area contributed by atoms with Gasteiger partial charge in [0.05, 0.1) is 0 Å². The summed E-state index contributed by atoms with van der Waals surface area (Å²) < 4.78 is 6.61. The first-order valence-electron chi connectivity index (χ1n) is 18.4. The van der Waals surface area contributed by atoms with Crippen LogP contribution in [-0.4, -0.2) is 15.0 Å². The van der Waals surface area contributed by atoms with E-state index in [1.807, 2.05) is 42.5 Å². The van der Waals surface area contributed by atoms with Crippen LogP contribution in [0, 0.1) is 0 Å². The molecule has 0 saturated heterocycles. The molecule has 4 nitrogen and oxygen atoms in total. The number of aromatic nitrogens is 3. The fourth-order valence-electron chi connectivity index (χ4n) is 7.84. The molecule has 4 heteroatoms. The van der Waals surface area contributed by atoms with Crippen LogP contribution in [0.5, 0.6) is 0 Å². The number of hydrogen-bond acceptors (Lipinski definition) is 4. The summed E-state index contributed by atoms with van der Waals surface area (Å²) >= 11 is 0. The molecule has 0 fully saturated rings. The van der Waals surface area contributed by atoms with Crippen LogP contribution in [0.1, 0.15) is 24.0 Å². The number of hydrogen-bond donors (Lipinski definition) is 0. The second-order valence-electron chi connectivity index (χ2n) is 13.9. The van der Waals surface area contributed by atoms with E-state index in [0.29, 0.717) is 17.5 Å². The Kier molecular flexibility index (Phi) is 7.72. The van der Waals surface area contributed by atoms with E-state index in [2.05, 4.69) is 121 Å². The standard InChI is InChI=1S/C49H35N3O/c1-4-13-32(14-5-1)38-27-39(33-15-6-2-7-16-33)29-40(28-38)49-51-47(35-18-8-3-9-19-35)50-48(52-49)37-24-26-44-43-25-23-36(30-45(43)53-46(44)31-37)42-22-12-20-34-17-10-11-21-41(34)42/h1-9,12-16,18-20,22-31H,10-11,17,21H2. The Balaban J connectivity index is 1.11. The SMILES string of the molecule is c1ccc(-c2cc(-c3ccccc3)cc(-c3nc(-c4ccccc4)nc(-c4ccc5c(c4)oc4cc(-c6cccc7c6CCCC7)ccc45)n3)c2)cc1. The van der Waals surface area contributed by atoms with Crippen molar-refractivity contribution >= 4 is 21.9 Å². The Bertz CT molecular complexity index is 2710. The van der Waals surface area contributed by atoms with Gasteiger partial charge in [0.15, 0.2) is 17.5 Å². The van der Waals surface area contributed by atoms with Gasteiger partial charge < -0.3 is 4.42 Å². The number of furan rings is 1. The lowest BCUT2D eigenvalue weighted by Crippen LogP contribution is -2.04. The first-order valence-corrected chi connectivity index (χ1v) is 18.4. The summed E-state index contributed by atoms with van der Waals surface area (Å²) in [5, 5.41) is 2.18. The predicted molar refractivity (Wildman–Crippen MR) is 216 cm³/mol. The van der Waals surface area contributed by atoms with Crippen LogP contribution in [0.15, 0.2) is 168 Å². The largest absolute Gasteiger partial charge is 0.456 e. The van der Waals surface area contributed by atoms with Gasteiger partial charge in [0, 0.05) is 27.5 Å². The summed E-state index contributed by atoms with van der Waals surface area (Å²) in [5.41, 5.74) is 14.4. The van der Waals surface area contributed by atoms with Gasteiger partial charge in [-0.2, -0.15) is 0 Å². The Morgan fingerprint density at radius 2 is 0.868 bits per heavy atom. The Morgan fingerprint density at radius 3 is 1.51 bits per heavy atom. The van der Waals surface area contributed by atoms with E-state index in [-0.39, 0.29) is 0 Å². The van der Waals surface area contributed by atoms with Gasteiger partial charge in [-0.05, 0) is 113 Å². The van der Waals surface area contributed by atoms with Crippen LogP contribution >= 0.6 is 0 Å². The lowest BCUT2D eigenvalue weighted by molar-refractivity contribution is 0.669. The van der Waals surface area contributed by atoms with Crippen LogP contribution in [0.4, 0.5) is 0 Å². The Morgan fingerprint density at radius 1 is 0.358 bits per heavy atom. The molecule has 0 amide bonds. The van der Waals surface area contributed by atoms with E-state index in [1.54, 1.807) is 0 Å². The highest BCUT2D eigenvalue weighted by Gasteiger charge is 2.18. The van der Waals surface area contributed by atoms with Gasteiger partial charge in [-0.15, -0.1) is 0 Å². The first-order chi connectivity index (χ1) is 26.2. The third kappa shape index (κ3) is 5.88. The summed E-state index contributed by atoms with van der Waals surface area (Å²) in [6.45, 7) is 0.